The molecule has 8 aromatic rings. The van der Waals surface area contributed by atoms with E-state index < -0.39 is 23.0 Å². The standard InChI is InChI=1S/C36H26N4O6/c1-15-11-17-19(13-25(41)33(45)29(17)35-37-21-7-3-4-8-22(21)38-35)31(43)27(15)28-16(2)12-18-20(32(28)44)14-26(42)34(46)30(18)36-39-23-9-5-6-10-24(23)40-36/h3-14,41-46H,1-2H3,(H,37,38)(H,39,40). The lowest BCUT2D eigenvalue weighted by atomic mass is 9.87. The van der Waals surface area contributed by atoms with E-state index in [1.54, 1.807) is 26.0 Å². The van der Waals surface area contributed by atoms with Crippen molar-refractivity contribution in [3.63, 3.8) is 0 Å². The highest BCUT2D eigenvalue weighted by Crippen LogP contribution is 2.53. The Morgan fingerprint density at radius 3 is 1.24 bits per heavy atom. The van der Waals surface area contributed by atoms with Gasteiger partial charge in [0.05, 0.1) is 33.2 Å². The van der Waals surface area contributed by atoms with Crippen molar-refractivity contribution in [2.45, 2.75) is 13.8 Å². The molecule has 8 rings (SSSR count). The predicted octanol–water partition coefficient (Wildman–Crippen LogP) is 7.60. The molecule has 0 amide bonds. The van der Waals surface area contributed by atoms with E-state index in [0.717, 1.165) is 11.0 Å². The number of hydrogen-bond acceptors (Lipinski definition) is 8. The normalized spacial score (nSPS) is 11.8. The number of aromatic nitrogens is 4. The maximum atomic E-state index is 11.8. The van der Waals surface area contributed by atoms with Gasteiger partial charge in [-0.05, 0) is 73.5 Å². The number of aromatic hydroxyl groups is 6. The van der Waals surface area contributed by atoms with E-state index in [9.17, 15) is 30.6 Å². The number of para-hydroxylation sites is 4. The summed E-state index contributed by atoms with van der Waals surface area (Å²) in [4.78, 5) is 15.6. The Balaban J connectivity index is 1.39. The van der Waals surface area contributed by atoms with E-state index in [2.05, 4.69) is 19.9 Å². The lowest BCUT2D eigenvalue weighted by molar-refractivity contribution is 0.405. The molecule has 6 aromatic carbocycles. The first-order chi connectivity index (χ1) is 22.1. The van der Waals surface area contributed by atoms with Crippen molar-refractivity contribution in [3.05, 3.63) is 83.9 Å². The molecule has 2 aromatic heterocycles. The predicted molar refractivity (Wildman–Crippen MR) is 177 cm³/mol. The molecule has 226 valence electrons. The summed E-state index contributed by atoms with van der Waals surface area (Å²) in [6.07, 6.45) is 0. The highest BCUT2D eigenvalue weighted by molar-refractivity contribution is 6.11. The summed E-state index contributed by atoms with van der Waals surface area (Å²) in [5.74, 6) is -1.55. The molecule has 0 radical (unpaired) electrons. The summed E-state index contributed by atoms with van der Waals surface area (Å²) in [5.41, 5.74) is 4.94. The zero-order valence-corrected chi connectivity index (χ0v) is 24.5. The van der Waals surface area contributed by atoms with Gasteiger partial charge in [0.15, 0.2) is 23.0 Å². The Morgan fingerprint density at radius 1 is 0.457 bits per heavy atom. The number of H-pyrrole nitrogens is 2. The van der Waals surface area contributed by atoms with Crippen LogP contribution in [0.3, 0.4) is 0 Å². The molecule has 46 heavy (non-hydrogen) atoms. The molecular weight excluding hydrogens is 584 g/mol. The number of aryl methyl sites for hydroxylation is 2. The number of benzene rings is 6. The van der Waals surface area contributed by atoms with E-state index in [1.165, 1.54) is 12.1 Å². The second-order valence-electron chi connectivity index (χ2n) is 11.5. The number of nitrogens with zero attached hydrogens (tertiary/aromatic N) is 2. The number of rotatable bonds is 3. The van der Waals surface area contributed by atoms with E-state index in [-0.39, 0.29) is 33.4 Å². The number of fused-ring (bicyclic) bond motifs is 4. The van der Waals surface area contributed by atoms with Gasteiger partial charge in [0, 0.05) is 32.7 Å². The fraction of sp³-hybridized carbons (Fsp3) is 0.0556. The third kappa shape index (κ3) is 3.76. The highest BCUT2D eigenvalue weighted by Gasteiger charge is 2.27. The largest absolute Gasteiger partial charge is 0.507 e. The highest BCUT2D eigenvalue weighted by atomic mass is 16.3. The number of phenols is 6. The molecule has 0 aliphatic rings. The van der Waals surface area contributed by atoms with Crippen molar-refractivity contribution in [1.29, 1.82) is 0 Å². The second kappa shape index (κ2) is 9.54. The number of hydrogen-bond donors (Lipinski definition) is 8. The van der Waals surface area contributed by atoms with Gasteiger partial charge in [0.2, 0.25) is 0 Å². The van der Waals surface area contributed by atoms with Crippen molar-refractivity contribution in [2.24, 2.45) is 0 Å². The van der Waals surface area contributed by atoms with Crippen LogP contribution in [0.2, 0.25) is 0 Å². The summed E-state index contributed by atoms with van der Waals surface area (Å²) < 4.78 is 0. The molecular formula is C36H26N4O6. The molecule has 10 nitrogen and oxygen atoms in total. The van der Waals surface area contributed by atoms with Crippen LogP contribution in [0.25, 0.3) is 77.5 Å². The zero-order chi connectivity index (χ0) is 32.0. The number of nitrogens with one attached hydrogen (secondary N) is 2. The van der Waals surface area contributed by atoms with Gasteiger partial charge >= 0.3 is 0 Å². The van der Waals surface area contributed by atoms with Gasteiger partial charge in [-0.2, -0.15) is 0 Å². The molecule has 2 heterocycles. The molecule has 0 fully saturated rings. The van der Waals surface area contributed by atoms with Gasteiger partial charge in [-0.1, -0.05) is 24.3 Å². The van der Waals surface area contributed by atoms with Crippen LogP contribution in [0.5, 0.6) is 34.5 Å². The number of phenolic OH excluding ortho intramolecular Hbond substituents is 6. The summed E-state index contributed by atoms with van der Waals surface area (Å²) in [5, 5.41) is 68.4. The SMILES string of the molecule is Cc1cc2c(-c3nc4ccccc4[nH]3)c(O)c(O)cc2c(O)c1-c1c(C)cc2c(-c3nc4ccccc4[nH]3)c(O)c(O)cc2c1O. The van der Waals surface area contributed by atoms with Crippen LogP contribution in [0.4, 0.5) is 0 Å². The fourth-order valence-corrected chi connectivity index (χ4v) is 6.51. The van der Waals surface area contributed by atoms with Crippen molar-refractivity contribution >= 4 is 43.6 Å². The van der Waals surface area contributed by atoms with Gasteiger partial charge in [0.1, 0.15) is 23.1 Å². The maximum absolute atomic E-state index is 11.8. The van der Waals surface area contributed by atoms with Gasteiger partial charge in [-0.3, -0.25) is 0 Å². The number of imidazole rings is 2. The molecule has 0 saturated heterocycles. The molecule has 0 spiro atoms. The summed E-state index contributed by atoms with van der Waals surface area (Å²) >= 11 is 0. The van der Waals surface area contributed by atoms with Crippen LogP contribution in [-0.2, 0) is 0 Å². The molecule has 0 unspecified atom stereocenters. The Morgan fingerprint density at radius 2 is 0.848 bits per heavy atom. The average molecular weight is 611 g/mol. The van der Waals surface area contributed by atoms with Crippen LogP contribution in [0.1, 0.15) is 11.1 Å². The van der Waals surface area contributed by atoms with Gasteiger partial charge < -0.3 is 40.6 Å². The first-order valence-corrected chi connectivity index (χ1v) is 14.5. The lowest BCUT2D eigenvalue weighted by Crippen LogP contribution is -1.95. The second-order valence-corrected chi connectivity index (χ2v) is 11.5. The fourth-order valence-electron chi connectivity index (χ4n) is 6.51. The van der Waals surface area contributed by atoms with Gasteiger partial charge in [-0.15, -0.1) is 0 Å². The van der Waals surface area contributed by atoms with Crippen LogP contribution in [0.15, 0.2) is 72.8 Å². The maximum Gasteiger partial charge on any atom is 0.169 e. The van der Waals surface area contributed by atoms with Gasteiger partial charge in [-0.25, -0.2) is 9.97 Å². The summed E-state index contributed by atoms with van der Waals surface area (Å²) in [7, 11) is 0. The third-order valence-corrected chi connectivity index (χ3v) is 8.64. The third-order valence-electron chi connectivity index (χ3n) is 8.64. The van der Waals surface area contributed by atoms with E-state index in [4.69, 9.17) is 0 Å². The number of aromatic amines is 2. The van der Waals surface area contributed by atoms with Gasteiger partial charge in [0.25, 0.3) is 0 Å². The Labute approximate surface area is 260 Å². The quantitative estimate of drug-likeness (QED) is 0.0942. The van der Waals surface area contributed by atoms with Crippen LogP contribution in [-0.4, -0.2) is 50.6 Å². The van der Waals surface area contributed by atoms with Crippen LogP contribution < -0.4 is 0 Å². The van der Waals surface area contributed by atoms with Crippen molar-refractivity contribution in [3.8, 4) is 68.4 Å². The molecule has 0 saturated carbocycles. The van der Waals surface area contributed by atoms with Crippen LogP contribution in [0, 0.1) is 13.8 Å². The summed E-state index contributed by atoms with van der Waals surface area (Å²) in [6.45, 7) is 3.52. The lowest BCUT2D eigenvalue weighted by Gasteiger charge is -2.20. The Kier molecular flexibility index (Phi) is 5.63. The first-order valence-electron chi connectivity index (χ1n) is 14.5. The average Bonchev–Trinajstić information content (AvgIpc) is 3.65. The summed E-state index contributed by atoms with van der Waals surface area (Å²) in [6, 6.07) is 20.8. The Hall–Kier alpha value is -6.42. The first kappa shape index (κ1) is 27.2. The van der Waals surface area contributed by atoms with E-state index >= 15 is 0 Å². The molecule has 0 bridgehead atoms. The monoisotopic (exact) mass is 610 g/mol. The van der Waals surface area contributed by atoms with E-state index in [0.29, 0.717) is 55.7 Å². The van der Waals surface area contributed by atoms with Crippen molar-refractivity contribution < 1.29 is 30.6 Å². The zero-order valence-electron chi connectivity index (χ0n) is 24.5. The minimum Gasteiger partial charge on any atom is -0.507 e. The molecule has 0 aliphatic carbocycles. The molecule has 10 heteroatoms. The molecule has 8 N–H and O–H groups in total. The van der Waals surface area contributed by atoms with Crippen molar-refractivity contribution in [2.75, 3.05) is 0 Å². The van der Waals surface area contributed by atoms with Crippen LogP contribution >= 0.6 is 0 Å². The smallest absolute Gasteiger partial charge is 0.169 e. The molecule has 0 atom stereocenters. The topological polar surface area (TPSA) is 179 Å². The van der Waals surface area contributed by atoms with E-state index in [1.807, 2.05) is 48.5 Å². The Bertz CT molecular complexity index is 2340. The van der Waals surface area contributed by atoms with Crippen molar-refractivity contribution in [1.82, 2.24) is 19.9 Å². The molecule has 0 aliphatic heterocycles. The minimum atomic E-state index is -0.455. The minimum absolute atomic E-state index is 0.214.